The second kappa shape index (κ2) is 8.61. The molecule has 6 nitrogen and oxygen atoms in total. The molecule has 29 heavy (non-hydrogen) atoms. The first-order chi connectivity index (χ1) is 14.1. The molecule has 1 amide bonds. The summed E-state index contributed by atoms with van der Waals surface area (Å²) < 4.78 is 20.9. The highest BCUT2D eigenvalue weighted by molar-refractivity contribution is 6.30. The topological polar surface area (TPSA) is 60.2 Å². The molecule has 8 heteroatoms. The van der Waals surface area contributed by atoms with Gasteiger partial charge in [-0.15, -0.1) is 5.10 Å². The minimum Gasteiger partial charge on any atom is -0.487 e. The fourth-order valence-corrected chi connectivity index (χ4v) is 3.28. The van der Waals surface area contributed by atoms with E-state index in [0.29, 0.717) is 32.5 Å². The summed E-state index contributed by atoms with van der Waals surface area (Å²) in [6.07, 6.45) is 2.67. The zero-order valence-electron chi connectivity index (χ0n) is 15.7. The summed E-state index contributed by atoms with van der Waals surface area (Å²) in [6, 6.07) is 14.3. The van der Waals surface area contributed by atoms with Crippen LogP contribution in [0, 0.1) is 5.82 Å². The number of carbonyl (C=O) groups is 1. The number of amides is 1. The quantitative estimate of drug-likeness (QED) is 0.592. The maximum atomic E-state index is 13.5. The van der Waals surface area contributed by atoms with E-state index in [2.05, 4.69) is 10.3 Å². The third-order valence-electron chi connectivity index (χ3n) is 4.89. The summed E-state index contributed by atoms with van der Waals surface area (Å²) in [7, 11) is 0. The van der Waals surface area contributed by atoms with Crippen LogP contribution in [0.2, 0.25) is 5.02 Å². The summed E-state index contributed by atoms with van der Waals surface area (Å²) in [5.41, 5.74) is 1.50. The fourth-order valence-electron chi connectivity index (χ4n) is 3.16. The van der Waals surface area contributed by atoms with Crippen molar-refractivity contribution >= 4 is 17.5 Å². The predicted molar refractivity (Wildman–Crippen MR) is 106 cm³/mol. The third-order valence-corrected chi connectivity index (χ3v) is 5.19. The Bertz CT molecular complexity index is 989. The lowest BCUT2D eigenvalue weighted by Crippen LogP contribution is -2.51. The molecule has 150 valence electrons. The molecule has 1 aliphatic heterocycles. The molecular formula is C21H20ClFN4O2. The zero-order chi connectivity index (χ0) is 20.2. The molecule has 1 saturated heterocycles. The van der Waals surface area contributed by atoms with Gasteiger partial charge in [-0.25, -0.2) is 9.07 Å². The van der Waals surface area contributed by atoms with Gasteiger partial charge in [0.25, 0.3) is 0 Å². The standard InChI is InChI=1S/C21H20ClFN4O2/c22-19-8-6-15(10-20(19)23)7-9-21(28)26-12-17(13-26)27-11-16(24-25-27)14-29-18-4-2-1-3-5-18/h1-6,8,10-11,17H,7,9,12-14H2. The van der Waals surface area contributed by atoms with Crippen molar-refractivity contribution in [1.82, 2.24) is 19.9 Å². The van der Waals surface area contributed by atoms with Crippen molar-refractivity contribution in [2.45, 2.75) is 25.5 Å². The van der Waals surface area contributed by atoms with Gasteiger partial charge in [0, 0.05) is 19.5 Å². The van der Waals surface area contributed by atoms with E-state index in [9.17, 15) is 9.18 Å². The first kappa shape index (κ1) is 19.4. The van der Waals surface area contributed by atoms with E-state index in [1.807, 2.05) is 36.5 Å². The lowest BCUT2D eigenvalue weighted by atomic mass is 10.1. The highest BCUT2D eigenvalue weighted by Crippen LogP contribution is 2.23. The van der Waals surface area contributed by atoms with Gasteiger partial charge in [-0.1, -0.05) is 41.1 Å². The van der Waals surface area contributed by atoms with E-state index in [0.717, 1.165) is 17.0 Å². The Morgan fingerprint density at radius 2 is 2.00 bits per heavy atom. The van der Waals surface area contributed by atoms with E-state index in [-0.39, 0.29) is 17.0 Å². The number of halogens is 2. The fraction of sp³-hybridized carbons (Fsp3) is 0.286. The van der Waals surface area contributed by atoms with Crippen molar-refractivity contribution in [2.24, 2.45) is 0 Å². The van der Waals surface area contributed by atoms with E-state index in [1.165, 1.54) is 12.1 Å². The summed E-state index contributed by atoms with van der Waals surface area (Å²) in [5.74, 6) is 0.367. The molecule has 0 atom stereocenters. The first-order valence-corrected chi connectivity index (χ1v) is 9.76. The zero-order valence-corrected chi connectivity index (χ0v) is 16.4. The number of hydrogen-bond acceptors (Lipinski definition) is 4. The van der Waals surface area contributed by atoms with Crippen LogP contribution in [0.15, 0.2) is 54.7 Å². The Kier molecular flexibility index (Phi) is 5.76. The Morgan fingerprint density at radius 1 is 1.21 bits per heavy atom. The van der Waals surface area contributed by atoms with E-state index in [1.54, 1.807) is 15.6 Å². The van der Waals surface area contributed by atoms with Crippen LogP contribution in [0.25, 0.3) is 0 Å². The number of carbonyl (C=O) groups excluding carboxylic acids is 1. The van der Waals surface area contributed by atoms with Crippen molar-refractivity contribution in [3.63, 3.8) is 0 Å². The molecular weight excluding hydrogens is 395 g/mol. The lowest BCUT2D eigenvalue weighted by Gasteiger charge is -2.39. The van der Waals surface area contributed by atoms with Crippen LogP contribution in [0.1, 0.15) is 23.7 Å². The van der Waals surface area contributed by atoms with E-state index >= 15 is 0 Å². The summed E-state index contributed by atoms with van der Waals surface area (Å²) in [4.78, 5) is 14.1. The molecule has 0 radical (unpaired) electrons. The maximum absolute atomic E-state index is 13.5. The van der Waals surface area contributed by atoms with Crippen LogP contribution >= 0.6 is 11.6 Å². The molecule has 0 saturated carbocycles. The third kappa shape index (κ3) is 4.74. The van der Waals surface area contributed by atoms with Crippen LogP contribution in [-0.4, -0.2) is 38.9 Å². The highest BCUT2D eigenvalue weighted by atomic mass is 35.5. The molecule has 1 fully saturated rings. The average molecular weight is 415 g/mol. The number of hydrogen-bond donors (Lipinski definition) is 0. The van der Waals surface area contributed by atoms with Gasteiger partial charge in [0.2, 0.25) is 5.91 Å². The summed E-state index contributed by atoms with van der Waals surface area (Å²) in [6.45, 7) is 1.53. The Hall–Kier alpha value is -2.93. The SMILES string of the molecule is O=C(CCc1ccc(Cl)c(F)c1)N1CC(n2cc(COc3ccccc3)nn2)C1. The van der Waals surface area contributed by atoms with Crippen LogP contribution in [-0.2, 0) is 17.8 Å². The molecule has 4 rings (SSSR count). The number of aryl methyl sites for hydroxylation is 1. The Morgan fingerprint density at radius 3 is 2.76 bits per heavy atom. The van der Waals surface area contributed by atoms with Gasteiger partial charge in [-0.3, -0.25) is 4.79 Å². The minimum absolute atomic E-state index is 0.0457. The van der Waals surface area contributed by atoms with Gasteiger partial charge in [-0.2, -0.15) is 0 Å². The van der Waals surface area contributed by atoms with Crippen molar-refractivity contribution in [2.75, 3.05) is 13.1 Å². The molecule has 0 spiro atoms. The van der Waals surface area contributed by atoms with Gasteiger partial charge in [0.1, 0.15) is 23.9 Å². The number of nitrogens with zero attached hydrogens (tertiary/aromatic N) is 4. The molecule has 0 unspecified atom stereocenters. The van der Waals surface area contributed by atoms with Gasteiger partial charge >= 0.3 is 0 Å². The van der Waals surface area contributed by atoms with Crippen molar-refractivity contribution in [3.8, 4) is 5.75 Å². The van der Waals surface area contributed by atoms with E-state index < -0.39 is 5.82 Å². The summed E-state index contributed by atoms with van der Waals surface area (Å²) >= 11 is 5.68. The van der Waals surface area contributed by atoms with Crippen LogP contribution in [0.5, 0.6) is 5.75 Å². The largest absolute Gasteiger partial charge is 0.487 e. The van der Waals surface area contributed by atoms with E-state index in [4.69, 9.17) is 16.3 Å². The Labute approximate surface area is 172 Å². The van der Waals surface area contributed by atoms with Crippen LogP contribution < -0.4 is 4.74 Å². The molecule has 0 aliphatic carbocycles. The number of ether oxygens (including phenoxy) is 1. The first-order valence-electron chi connectivity index (χ1n) is 9.39. The molecule has 0 N–H and O–H groups in total. The number of likely N-dealkylation sites (tertiary alicyclic amines) is 1. The lowest BCUT2D eigenvalue weighted by molar-refractivity contribution is -0.137. The molecule has 0 bridgehead atoms. The molecule has 1 aromatic heterocycles. The van der Waals surface area contributed by atoms with Crippen molar-refractivity contribution < 1.29 is 13.9 Å². The van der Waals surface area contributed by atoms with Crippen LogP contribution in [0.4, 0.5) is 4.39 Å². The van der Waals surface area contributed by atoms with Crippen molar-refractivity contribution in [1.29, 1.82) is 0 Å². The predicted octanol–water partition coefficient (Wildman–Crippen LogP) is 3.67. The Balaban J connectivity index is 1.22. The molecule has 3 aromatic rings. The van der Waals surface area contributed by atoms with Gasteiger partial charge in [0.15, 0.2) is 0 Å². The molecule has 1 aliphatic rings. The number of rotatable bonds is 7. The summed E-state index contributed by atoms with van der Waals surface area (Å²) in [5, 5.41) is 8.37. The average Bonchev–Trinajstić information content (AvgIpc) is 3.15. The van der Waals surface area contributed by atoms with Crippen molar-refractivity contribution in [3.05, 3.63) is 76.8 Å². The molecule has 2 heterocycles. The monoisotopic (exact) mass is 414 g/mol. The highest BCUT2D eigenvalue weighted by Gasteiger charge is 2.32. The van der Waals surface area contributed by atoms with Crippen LogP contribution in [0.3, 0.4) is 0 Å². The normalized spacial score (nSPS) is 13.9. The number of benzene rings is 2. The smallest absolute Gasteiger partial charge is 0.223 e. The number of aromatic nitrogens is 3. The number of para-hydroxylation sites is 1. The second-order valence-electron chi connectivity index (χ2n) is 6.99. The van der Waals surface area contributed by atoms with Gasteiger partial charge in [0.05, 0.1) is 17.3 Å². The molecule has 2 aromatic carbocycles. The van der Waals surface area contributed by atoms with Gasteiger partial charge in [-0.05, 0) is 36.2 Å². The second-order valence-corrected chi connectivity index (χ2v) is 7.40. The maximum Gasteiger partial charge on any atom is 0.223 e. The minimum atomic E-state index is -0.459. The van der Waals surface area contributed by atoms with Gasteiger partial charge < -0.3 is 9.64 Å².